The number of aliphatic hydroxyl groups excluding tert-OH is 1. The minimum absolute atomic E-state index is 0. The molecule has 0 fully saturated rings. The highest BCUT2D eigenvalue weighted by Crippen LogP contribution is 2.18. The molecule has 0 aliphatic heterocycles. The van der Waals surface area contributed by atoms with Crippen LogP contribution in [0.4, 0.5) is 4.70 Å². The van der Waals surface area contributed by atoms with Crippen molar-refractivity contribution in [1.82, 2.24) is 0 Å². The van der Waals surface area contributed by atoms with Crippen LogP contribution in [0.1, 0.15) is 155 Å². The third kappa shape index (κ3) is 30.1. The zero-order chi connectivity index (χ0) is 44.4. The number of hydrogen-bond donors (Lipinski definition) is 2. The molecule has 0 aliphatic carbocycles. The fourth-order valence-electron chi connectivity index (χ4n) is 5.59. The Hall–Kier alpha value is -4.95. The monoisotopic (exact) mass is 835 g/mol. The highest BCUT2D eigenvalue weighted by Gasteiger charge is 2.13. The quantitative estimate of drug-likeness (QED) is 0.0829. The number of esters is 2. The van der Waals surface area contributed by atoms with Crippen LogP contribution in [0.3, 0.4) is 0 Å². The van der Waals surface area contributed by atoms with Gasteiger partial charge in [0.2, 0.25) is 0 Å². The van der Waals surface area contributed by atoms with E-state index in [-0.39, 0.29) is 25.4 Å². The van der Waals surface area contributed by atoms with Crippen molar-refractivity contribution in [3.63, 3.8) is 0 Å². The van der Waals surface area contributed by atoms with Crippen LogP contribution in [0, 0.1) is 23.7 Å². The number of carbonyl (C=O) groups is 4. The van der Waals surface area contributed by atoms with Crippen LogP contribution in [0.5, 0.6) is 0 Å². The van der Waals surface area contributed by atoms with E-state index in [2.05, 4.69) is 103 Å². The molecule has 0 heterocycles. The van der Waals surface area contributed by atoms with Crippen molar-refractivity contribution in [3.8, 4) is 0 Å². The number of rotatable bonds is 12. The lowest BCUT2D eigenvalue weighted by atomic mass is 9.97. The first-order chi connectivity index (χ1) is 27.1. The number of aliphatic hydroxyl groups is 1. The molecule has 0 aromatic heterocycles. The number of ketones is 1. The number of ether oxygens (including phenoxy) is 1. The summed E-state index contributed by atoms with van der Waals surface area (Å²) in [6.07, 6.45) is 4.08. The number of aliphatic carboxylic acids is 1. The number of carboxylic acids is 1. The van der Waals surface area contributed by atoms with Crippen LogP contribution >= 0.6 is 0 Å². The Kier molecular flexibility index (Phi) is 32.5. The first-order valence-corrected chi connectivity index (χ1v) is 20.5. The lowest BCUT2D eigenvalue weighted by Crippen LogP contribution is -2.07. The third-order valence-corrected chi connectivity index (χ3v) is 8.38. The summed E-state index contributed by atoms with van der Waals surface area (Å²) in [5, 5.41) is 18.1. The minimum Gasteiger partial charge on any atom is -0.481 e. The number of hydrogen-bond acceptors (Lipinski definition) is 6. The molecule has 0 radical (unpaired) electrons. The minimum atomic E-state index is -0.772. The molecule has 60 heavy (non-hydrogen) atoms. The Bertz CT molecular complexity index is 1720. The lowest BCUT2D eigenvalue weighted by Gasteiger charge is -2.09. The third-order valence-electron chi connectivity index (χ3n) is 8.38. The Balaban J connectivity index is -0.000000335. The highest BCUT2D eigenvalue weighted by atomic mass is 19.0. The number of carboxylic acid groups (broad SMARTS) is 1. The van der Waals surface area contributed by atoms with Gasteiger partial charge in [0, 0.05) is 20.8 Å². The lowest BCUT2D eigenvalue weighted by molar-refractivity contribution is -0.156. The maximum absolute atomic E-state index is 11.0. The number of carbonyl (C=O) groups excluding carboxylic acids is 3. The molecule has 0 spiro atoms. The van der Waals surface area contributed by atoms with Gasteiger partial charge in [0.15, 0.2) is 5.78 Å². The molecule has 2 N–H and O–H groups in total. The van der Waals surface area contributed by atoms with E-state index in [1.54, 1.807) is 20.8 Å². The Labute approximate surface area is 363 Å². The second-order valence-corrected chi connectivity index (χ2v) is 16.4. The van der Waals surface area contributed by atoms with Crippen molar-refractivity contribution < 1.29 is 40.3 Å². The van der Waals surface area contributed by atoms with E-state index in [0.29, 0.717) is 17.8 Å². The van der Waals surface area contributed by atoms with E-state index in [9.17, 15) is 24.3 Å². The van der Waals surface area contributed by atoms with Crippen LogP contribution < -0.4 is 0 Å². The smallest absolute Gasteiger partial charge is 0.310 e. The summed E-state index contributed by atoms with van der Waals surface area (Å²) in [7, 11) is 0. The van der Waals surface area contributed by atoms with E-state index in [0.717, 1.165) is 41.9 Å². The van der Waals surface area contributed by atoms with E-state index in [4.69, 9.17) is 5.11 Å². The van der Waals surface area contributed by atoms with E-state index in [1.165, 1.54) is 42.5 Å². The Morgan fingerprint density at radius 1 is 0.500 bits per heavy atom. The molecular formula is C52H79FO7. The predicted molar refractivity (Wildman–Crippen MR) is 250 cm³/mol. The van der Waals surface area contributed by atoms with Crippen molar-refractivity contribution in [2.24, 2.45) is 23.7 Å². The molecule has 7 nitrogen and oxygen atoms in total. The van der Waals surface area contributed by atoms with Crippen molar-refractivity contribution >= 4 is 23.7 Å². The fraction of sp³-hybridized carbons (Fsp3) is 0.462. The summed E-state index contributed by atoms with van der Waals surface area (Å²) in [5.41, 5.74) is 8.03. The standard InChI is InChI=1S/C13H18O2.C12H18O.C12H16O.C10H14.C4H6O3.CH4.FH.H2/c1-9(2)8-11-4-6-12(7-5-11)10(3)13(14)15;2*1-9(2)8-11-4-6-12(7-5-11)10(3)13;1-9(2)8-10-6-4-3-5-7-10;1-3(5)7-4(2)6;;;/h4-7,9-10H,8H2,1-3H3,(H,14,15);4-7,9-10,13H,8H2,1-3H3;4-7,9H,8H2,1-3H3;3-7,9H,8H2,1-2H3;1-2H3;1H4;2*1H. The Morgan fingerprint density at radius 2 is 0.800 bits per heavy atom. The molecule has 4 aromatic carbocycles. The van der Waals surface area contributed by atoms with Gasteiger partial charge in [-0.05, 0) is 104 Å². The van der Waals surface area contributed by atoms with Gasteiger partial charge in [-0.3, -0.25) is 23.9 Å². The summed E-state index contributed by atoms with van der Waals surface area (Å²) < 4.78 is 3.97. The zero-order valence-electron chi connectivity index (χ0n) is 38.0. The van der Waals surface area contributed by atoms with Crippen LogP contribution in [-0.4, -0.2) is 33.9 Å². The molecule has 0 bridgehead atoms. The number of benzene rings is 4. The molecule has 4 aromatic rings. The predicted octanol–water partition coefficient (Wildman–Crippen LogP) is 13.1. The molecule has 336 valence electrons. The Morgan fingerprint density at radius 3 is 1.05 bits per heavy atom. The van der Waals surface area contributed by atoms with Gasteiger partial charge in [-0.1, -0.05) is 166 Å². The summed E-state index contributed by atoms with van der Waals surface area (Å²) in [6, 6.07) is 34.6. The van der Waals surface area contributed by atoms with Gasteiger partial charge in [-0.15, -0.1) is 0 Å². The van der Waals surface area contributed by atoms with Gasteiger partial charge in [-0.2, -0.15) is 0 Å². The first kappa shape index (κ1) is 59.4. The highest BCUT2D eigenvalue weighted by molar-refractivity contribution is 5.94. The molecule has 2 unspecified atom stereocenters. The largest absolute Gasteiger partial charge is 0.481 e. The molecule has 0 saturated heterocycles. The van der Waals surface area contributed by atoms with Crippen LogP contribution in [0.15, 0.2) is 103 Å². The van der Waals surface area contributed by atoms with Crippen molar-refractivity contribution in [2.75, 3.05) is 0 Å². The summed E-state index contributed by atoms with van der Waals surface area (Å²) in [5.74, 6) is 0.580. The molecule has 0 amide bonds. The van der Waals surface area contributed by atoms with Gasteiger partial charge in [0.25, 0.3) is 0 Å². The van der Waals surface area contributed by atoms with Gasteiger partial charge in [0.1, 0.15) is 0 Å². The van der Waals surface area contributed by atoms with E-state index in [1.807, 2.05) is 60.7 Å². The van der Waals surface area contributed by atoms with Gasteiger partial charge in [-0.25, -0.2) is 0 Å². The van der Waals surface area contributed by atoms with Crippen molar-refractivity contribution in [3.05, 3.63) is 142 Å². The van der Waals surface area contributed by atoms with Gasteiger partial charge < -0.3 is 14.9 Å². The second kappa shape index (κ2) is 32.8. The molecular weight excluding hydrogens is 756 g/mol. The van der Waals surface area contributed by atoms with Crippen LogP contribution in [0.2, 0.25) is 0 Å². The average Bonchev–Trinajstić information content (AvgIpc) is 3.12. The zero-order valence-corrected chi connectivity index (χ0v) is 38.0. The number of halogens is 1. The van der Waals surface area contributed by atoms with E-state index >= 15 is 0 Å². The normalized spacial score (nSPS) is 11.0. The molecule has 0 saturated carbocycles. The summed E-state index contributed by atoms with van der Waals surface area (Å²) >= 11 is 0. The molecule has 8 heteroatoms. The van der Waals surface area contributed by atoms with Gasteiger partial charge >= 0.3 is 17.9 Å². The summed E-state index contributed by atoms with van der Waals surface area (Å²) in [6.45, 7) is 25.1. The molecule has 0 aliphatic rings. The van der Waals surface area contributed by atoms with Gasteiger partial charge in [0.05, 0.1) is 12.0 Å². The maximum Gasteiger partial charge on any atom is 0.310 e. The maximum atomic E-state index is 11.0. The summed E-state index contributed by atoms with van der Waals surface area (Å²) in [4.78, 5) is 41.4. The number of Topliss-reactive ketones (excluding diaryl/α,β-unsaturated/α-hetero) is 1. The van der Waals surface area contributed by atoms with Crippen molar-refractivity contribution in [1.29, 1.82) is 0 Å². The second-order valence-electron chi connectivity index (χ2n) is 16.4. The van der Waals surface area contributed by atoms with Crippen LogP contribution in [0.25, 0.3) is 0 Å². The first-order valence-electron chi connectivity index (χ1n) is 20.5. The average molecular weight is 835 g/mol. The van der Waals surface area contributed by atoms with Crippen LogP contribution in [-0.2, 0) is 44.8 Å². The van der Waals surface area contributed by atoms with E-state index < -0.39 is 23.8 Å². The fourth-order valence-corrected chi connectivity index (χ4v) is 5.59. The van der Waals surface area contributed by atoms with Crippen molar-refractivity contribution in [2.45, 2.75) is 135 Å². The molecule has 2 atom stereocenters. The topological polar surface area (TPSA) is 118 Å². The molecule has 4 rings (SSSR count). The SMILES string of the molecule is C.CC(=O)OC(C)=O.CC(=O)c1ccc(CC(C)C)cc1.CC(C)Cc1ccc(C(C)C(=O)O)cc1.CC(C)Cc1ccc(C(C)O)cc1.CC(C)Cc1ccccc1.F.[HH].